The molecular formula is C26H21F21O3. The van der Waals surface area contributed by atoms with E-state index >= 15 is 0 Å². The van der Waals surface area contributed by atoms with Crippen molar-refractivity contribution in [1.82, 2.24) is 0 Å². The van der Waals surface area contributed by atoms with Crippen LogP contribution in [0.1, 0.15) is 44.1 Å². The van der Waals surface area contributed by atoms with Gasteiger partial charge >= 0.3 is 65.6 Å². The highest BCUT2D eigenvalue weighted by Gasteiger charge is 2.96. The van der Waals surface area contributed by atoms with Crippen LogP contribution in [0.15, 0.2) is 30.3 Å². The number of hydrogen-bond acceptors (Lipinski definition) is 3. The molecule has 0 fully saturated rings. The zero-order chi connectivity index (χ0) is 39.6. The molecule has 0 bridgehead atoms. The number of methoxy groups -OCH3 is 1. The van der Waals surface area contributed by atoms with E-state index in [9.17, 15) is 97.0 Å². The van der Waals surface area contributed by atoms with Crippen LogP contribution in [0.25, 0.3) is 6.08 Å². The standard InChI is InChI=1S/C26H21F21O3/c1-49-15-9-6-14(7-10-15)8-11-16(48)50-26(46,47)25(44,45)24(42,43)23(40,41)22(38,39)21(36,37)20(34,35)19(32,33)17(27,28)12-4-2-3-5-13-18(29,30)31/h6-11H,2-5,12-13H2,1H3. The van der Waals surface area contributed by atoms with Gasteiger partial charge in [0.15, 0.2) is 0 Å². The molecule has 0 aliphatic carbocycles. The molecule has 0 saturated heterocycles. The van der Waals surface area contributed by atoms with Crippen molar-refractivity contribution in [2.45, 2.75) is 98.2 Å². The number of rotatable bonds is 18. The Morgan fingerprint density at radius 1 is 0.540 bits per heavy atom. The summed E-state index contributed by atoms with van der Waals surface area (Å²) in [7, 11) is 1.17. The van der Waals surface area contributed by atoms with Crippen molar-refractivity contribution >= 4 is 12.0 Å². The Labute approximate surface area is 266 Å². The average Bonchev–Trinajstić information content (AvgIpc) is 2.96. The molecule has 0 aliphatic heterocycles. The van der Waals surface area contributed by atoms with Gasteiger partial charge in [0, 0.05) is 18.9 Å². The first-order chi connectivity index (χ1) is 22.1. The summed E-state index contributed by atoms with van der Waals surface area (Å²) in [6, 6.07) is 4.34. The lowest BCUT2D eigenvalue weighted by Gasteiger charge is -2.44. The molecule has 0 unspecified atom stereocenters. The zero-order valence-corrected chi connectivity index (χ0v) is 24.4. The molecule has 50 heavy (non-hydrogen) atoms. The van der Waals surface area contributed by atoms with Crippen LogP contribution in [0, 0.1) is 0 Å². The molecule has 1 aromatic rings. The molecule has 1 rings (SSSR count). The SMILES string of the molecule is COc1ccc(C=CC(=O)OC(F)(F)C(F)(F)C(F)(F)C(F)(F)C(F)(F)C(F)(F)C(F)(F)C(F)(F)C(F)(F)CCCCCCC(F)(F)F)cc1. The number of unbranched alkanes of at least 4 members (excludes halogenated alkanes) is 3. The number of halogens is 21. The third-order valence-electron chi connectivity index (χ3n) is 6.65. The van der Waals surface area contributed by atoms with E-state index in [1.165, 1.54) is 7.11 Å². The van der Waals surface area contributed by atoms with E-state index in [0.29, 0.717) is 6.08 Å². The predicted octanol–water partition coefficient (Wildman–Crippen LogP) is 10.8. The molecule has 0 aliphatic rings. The number of carbonyl (C=O) groups excluding carboxylic acids is 1. The van der Waals surface area contributed by atoms with Crippen LogP contribution < -0.4 is 4.74 Å². The third-order valence-corrected chi connectivity index (χ3v) is 6.65. The van der Waals surface area contributed by atoms with Gasteiger partial charge in [0.1, 0.15) is 5.75 Å². The lowest BCUT2D eigenvalue weighted by Crippen LogP contribution is -2.76. The van der Waals surface area contributed by atoms with Crippen molar-refractivity contribution < 1.29 is 106 Å². The zero-order valence-electron chi connectivity index (χ0n) is 24.4. The number of hydrogen-bond donors (Lipinski definition) is 0. The predicted molar refractivity (Wildman–Crippen MR) is 126 cm³/mol. The van der Waals surface area contributed by atoms with Gasteiger partial charge in [-0.05, 0) is 36.6 Å². The molecule has 0 saturated carbocycles. The molecule has 0 atom stereocenters. The Kier molecular flexibility index (Phi) is 12.9. The molecule has 1 aromatic carbocycles. The lowest BCUT2D eigenvalue weighted by atomic mass is 9.86. The number of ether oxygens (including phenoxy) is 2. The van der Waals surface area contributed by atoms with Gasteiger partial charge in [0.05, 0.1) is 7.11 Å². The highest BCUT2D eigenvalue weighted by Crippen LogP contribution is 2.65. The van der Waals surface area contributed by atoms with Crippen LogP contribution in [0.4, 0.5) is 92.2 Å². The van der Waals surface area contributed by atoms with Crippen LogP contribution in [0.2, 0.25) is 0 Å². The van der Waals surface area contributed by atoms with E-state index in [0.717, 1.165) is 24.3 Å². The number of benzene rings is 1. The summed E-state index contributed by atoms with van der Waals surface area (Å²) in [6.45, 7) is 0. The van der Waals surface area contributed by atoms with Crippen molar-refractivity contribution in [2.75, 3.05) is 7.11 Å². The van der Waals surface area contributed by atoms with Gasteiger partial charge in [-0.1, -0.05) is 25.0 Å². The molecule has 0 spiro atoms. The average molecular weight is 780 g/mol. The number of alkyl halides is 21. The third kappa shape index (κ3) is 8.28. The van der Waals surface area contributed by atoms with Crippen molar-refractivity contribution in [3.05, 3.63) is 35.9 Å². The van der Waals surface area contributed by atoms with E-state index in [4.69, 9.17) is 4.74 Å². The minimum atomic E-state index is -9.01. The Hall–Kier alpha value is -3.24. The van der Waals surface area contributed by atoms with Crippen LogP contribution in [-0.2, 0) is 9.53 Å². The smallest absolute Gasteiger partial charge is 0.473 e. The maximum atomic E-state index is 14.1. The highest BCUT2D eigenvalue weighted by molar-refractivity contribution is 5.87. The van der Waals surface area contributed by atoms with Gasteiger partial charge in [0.25, 0.3) is 0 Å². The largest absolute Gasteiger partial charge is 0.497 e. The van der Waals surface area contributed by atoms with E-state index < -0.39 is 104 Å². The van der Waals surface area contributed by atoms with Crippen LogP contribution in [0.5, 0.6) is 5.75 Å². The minimum Gasteiger partial charge on any atom is -0.497 e. The summed E-state index contributed by atoms with van der Waals surface area (Å²) in [4.78, 5) is 11.5. The fraction of sp³-hybridized carbons (Fsp3) is 0.654. The topological polar surface area (TPSA) is 35.5 Å². The summed E-state index contributed by atoms with van der Waals surface area (Å²) in [5, 5.41) is 0. The summed E-state index contributed by atoms with van der Waals surface area (Å²) in [5.41, 5.74) is -0.180. The molecule has 0 N–H and O–H groups in total. The molecule has 0 heterocycles. The van der Waals surface area contributed by atoms with Gasteiger partial charge < -0.3 is 9.47 Å². The van der Waals surface area contributed by atoms with Gasteiger partial charge in [-0.2, -0.15) is 92.2 Å². The van der Waals surface area contributed by atoms with E-state index in [-0.39, 0.29) is 17.4 Å². The van der Waals surface area contributed by atoms with Crippen molar-refractivity contribution in [1.29, 1.82) is 0 Å². The van der Waals surface area contributed by atoms with E-state index in [2.05, 4.69) is 4.74 Å². The molecule has 24 heteroatoms. The second-order valence-corrected chi connectivity index (χ2v) is 10.3. The molecule has 0 aromatic heterocycles. The summed E-state index contributed by atoms with van der Waals surface area (Å²) >= 11 is 0. The van der Waals surface area contributed by atoms with Gasteiger partial charge in [-0.15, -0.1) is 0 Å². The fourth-order valence-corrected chi connectivity index (χ4v) is 3.69. The minimum absolute atomic E-state index is 0.146. The number of carbonyl (C=O) groups is 1. The Morgan fingerprint density at radius 3 is 1.32 bits per heavy atom. The second-order valence-electron chi connectivity index (χ2n) is 10.3. The van der Waals surface area contributed by atoms with Gasteiger partial charge in [-0.25, -0.2) is 4.79 Å². The maximum absolute atomic E-state index is 14.1. The molecule has 0 radical (unpaired) electrons. The van der Waals surface area contributed by atoms with Gasteiger partial charge in [0.2, 0.25) is 0 Å². The van der Waals surface area contributed by atoms with Crippen molar-refractivity contribution in [3.8, 4) is 5.75 Å². The van der Waals surface area contributed by atoms with Crippen molar-refractivity contribution in [2.24, 2.45) is 0 Å². The first-order valence-corrected chi connectivity index (χ1v) is 13.1. The lowest BCUT2D eigenvalue weighted by molar-refractivity contribution is -0.474. The summed E-state index contributed by atoms with van der Waals surface area (Å²) < 4.78 is 296. The summed E-state index contributed by atoms with van der Waals surface area (Å²) in [5.74, 6) is -69.7. The van der Waals surface area contributed by atoms with Crippen LogP contribution in [0.3, 0.4) is 0 Å². The van der Waals surface area contributed by atoms with Crippen LogP contribution in [-0.4, -0.2) is 72.7 Å². The first kappa shape index (κ1) is 44.8. The fourth-order valence-electron chi connectivity index (χ4n) is 3.69. The molecular weight excluding hydrogens is 759 g/mol. The number of esters is 1. The monoisotopic (exact) mass is 780 g/mol. The quantitative estimate of drug-likeness (QED) is 0.0644. The summed E-state index contributed by atoms with van der Waals surface area (Å²) in [6.07, 6.45) is -20.4. The van der Waals surface area contributed by atoms with E-state index in [1.54, 1.807) is 0 Å². The second kappa shape index (κ2) is 14.4. The molecule has 0 amide bonds. The maximum Gasteiger partial charge on any atom is 0.473 e. The Balaban J connectivity index is 3.36. The Bertz CT molecular complexity index is 1320. The van der Waals surface area contributed by atoms with Crippen molar-refractivity contribution in [3.63, 3.8) is 0 Å². The Morgan fingerprint density at radius 2 is 0.920 bits per heavy atom. The highest BCUT2D eigenvalue weighted by atomic mass is 19.4. The van der Waals surface area contributed by atoms with Crippen LogP contribution >= 0.6 is 0 Å². The molecule has 290 valence electrons. The normalized spacial score (nSPS) is 15.1. The van der Waals surface area contributed by atoms with Gasteiger partial charge in [-0.3, -0.25) is 0 Å². The molecule has 3 nitrogen and oxygen atoms in total. The van der Waals surface area contributed by atoms with E-state index in [1.807, 2.05) is 0 Å². The first-order valence-electron chi connectivity index (χ1n) is 13.1.